The largest absolute Gasteiger partial charge is 0.476 e. The predicted octanol–water partition coefficient (Wildman–Crippen LogP) is 2.78. The number of carbonyl (C=O) groups is 1. The lowest BCUT2D eigenvalue weighted by atomic mass is 10.1. The van der Waals surface area contributed by atoms with Crippen LogP contribution in [0.2, 0.25) is 0 Å². The smallest absolute Gasteiger partial charge is 0.356 e. The van der Waals surface area contributed by atoms with Gasteiger partial charge in [0.25, 0.3) is 0 Å². The Labute approximate surface area is 120 Å². The number of hydrogen-bond acceptors (Lipinski definition) is 5. The van der Waals surface area contributed by atoms with Gasteiger partial charge in [0.15, 0.2) is 5.69 Å². The van der Waals surface area contributed by atoms with Crippen LogP contribution < -0.4 is 5.32 Å². The average Bonchev–Trinajstić information content (AvgIpc) is 2.47. The first-order chi connectivity index (χ1) is 10.1. The van der Waals surface area contributed by atoms with Crippen molar-refractivity contribution in [2.45, 2.75) is 6.92 Å². The van der Waals surface area contributed by atoms with Gasteiger partial charge in [0, 0.05) is 11.1 Å². The second-order valence-electron chi connectivity index (χ2n) is 4.55. The Kier molecular flexibility index (Phi) is 3.19. The summed E-state index contributed by atoms with van der Waals surface area (Å²) >= 11 is 0. The molecule has 0 atom stereocenters. The molecule has 0 spiro atoms. The van der Waals surface area contributed by atoms with E-state index >= 15 is 0 Å². The summed E-state index contributed by atoms with van der Waals surface area (Å²) in [5, 5.41) is 13.0. The molecule has 0 saturated heterocycles. The molecule has 104 valence electrons. The van der Waals surface area contributed by atoms with Crippen molar-refractivity contribution >= 4 is 28.4 Å². The molecule has 0 unspecified atom stereocenters. The number of para-hydroxylation sites is 1. The monoisotopic (exact) mass is 280 g/mol. The van der Waals surface area contributed by atoms with Crippen molar-refractivity contribution in [2.24, 2.45) is 0 Å². The lowest BCUT2D eigenvalue weighted by Gasteiger charge is -2.10. The van der Waals surface area contributed by atoms with E-state index in [1.165, 1.54) is 12.4 Å². The molecule has 21 heavy (non-hydrogen) atoms. The van der Waals surface area contributed by atoms with E-state index in [0.717, 1.165) is 22.3 Å². The number of benzene rings is 1. The maximum Gasteiger partial charge on any atom is 0.356 e. The Balaban J connectivity index is 2.05. The fraction of sp³-hybridized carbons (Fsp3) is 0.0667. The fourth-order valence-electron chi connectivity index (χ4n) is 2.08. The minimum atomic E-state index is -1.11. The van der Waals surface area contributed by atoms with E-state index in [4.69, 9.17) is 5.11 Å². The Hall–Kier alpha value is -3.02. The molecule has 3 aromatic rings. The normalized spacial score (nSPS) is 10.5. The molecule has 2 N–H and O–H groups in total. The zero-order valence-electron chi connectivity index (χ0n) is 11.2. The summed E-state index contributed by atoms with van der Waals surface area (Å²) in [5.41, 5.74) is 2.44. The molecular formula is C15H12N4O2. The van der Waals surface area contributed by atoms with Crippen molar-refractivity contribution in [3.05, 3.63) is 54.1 Å². The molecule has 0 amide bonds. The molecule has 0 radical (unpaired) electrons. The van der Waals surface area contributed by atoms with Crippen molar-refractivity contribution in [2.75, 3.05) is 5.32 Å². The van der Waals surface area contributed by atoms with Crippen LogP contribution in [0.3, 0.4) is 0 Å². The number of aryl methyl sites for hydroxylation is 1. The number of fused-ring (bicyclic) bond motifs is 1. The molecule has 0 fully saturated rings. The highest BCUT2D eigenvalue weighted by molar-refractivity contribution is 5.93. The third kappa shape index (κ3) is 2.64. The van der Waals surface area contributed by atoms with Gasteiger partial charge in [0.05, 0.1) is 23.6 Å². The van der Waals surface area contributed by atoms with Crippen molar-refractivity contribution in [3.8, 4) is 0 Å². The van der Waals surface area contributed by atoms with Crippen LogP contribution in [0.15, 0.2) is 42.7 Å². The van der Waals surface area contributed by atoms with E-state index in [1.54, 1.807) is 0 Å². The standard InChI is InChI=1S/C15H12N4O2/c1-9-6-12(10-4-2-3-5-11(10)17-9)18-14-8-16-7-13(19-14)15(20)21/h2-8H,1H3,(H,20,21)(H,17,18,19). The second-order valence-corrected chi connectivity index (χ2v) is 4.55. The molecule has 1 aromatic carbocycles. The zero-order valence-corrected chi connectivity index (χ0v) is 11.2. The van der Waals surface area contributed by atoms with E-state index in [9.17, 15) is 4.79 Å². The van der Waals surface area contributed by atoms with Crippen LogP contribution in [0, 0.1) is 6.92 Å². The number of rotatable bonds is 3. The van der Waals surface area contributed by atoms with Crippen LogP contribution in [0.1, 0.15) is 16.2 Å². The maximum absolute atomic E-state index is 10.9. The SMILES string of the molecule is Cc1cc(Nc2cncc(C(=O)O)n2)c2ccccc2n1. The van der Waals surface area contributed by atoms with Gasteiger partial charge in [-0.15, -0.1) is 0 Å². The average molecular weight is 280 g/mol. The molecule has 0 aliphatic rings. The molecule has 2 aromatic heterocycles. The highest BCUT2D eigenvalue weighted by Crippen LogP contribution is 2.25. The van der Waals surface area contributed by atoms with Gasteiger partial charge in [0.2, 0.25) is 0 Å². The van der Waals surface area contributed by atoms with E-state index in [1.807, 2.05) is 37.3 Å². The number of pyridine rings is 1. The van der Waals surface area contributed by atoms with E-state index in [-0.39, 0.29) is 5.69 Å². The number of aromatic carboxylic acids is 1. The van der Waals surface area contributed by atoms with Crippen LogP contribution in [-0.2, 0) is 0 Å². The lowest BCUT2D eigenvalue weighted by Crippen LogP contribution is -2.04. The molecule has 0 aliphatic carbocycles. The van der Waals surface area contributed by atoms with Gasteiger partial charge in [-0.25, -0.2) is 9.78 Å². The molecular weight excluding hydrogens is 268 g/mol. The van der Waals surface area contributed by atoms with Crippen molar-refractivity contribution < 1.29 is 9.90 Å². The minimum Gasteiger partial charge on any atom is -0.476 e. The number of carboxylic acid groups (broad SMARTS) is 1. The van der Waals surface area contributed by atoms with E-state index in [2.05, 4.69) is 20.3 Å². The quantitative estimate of drug-likeness (QED) is 0.767. The molecule has 6 nitrogen and oxygen atoms in total. The first kappa shape index (κ1) is 13.0. The lowest BCUT2D eigenvalue weighted by molar-refractivity contribution is 0.0690. The molecule has 3 rings (SSSR count). The second kappa shape index (κ2) is 5.16. The Bertz CT molecular complexity index is 833. The summed E-state index contributed by atoms with van der Waals surface area (Å²) in [6.07, 6.45) is 2.69. The highest BCUT2D eigenvalue weighted by atomic mass is 16.4. The van der Waals surface area contributed by atoms with Crippen molar-refractivity contribution in [1.82, 2.24) is 15.0 Å². The van der Waals surface area contributed by atoms with Crippen LogP contribution in [0.5, 0.6) is 0 Å². The number of nitrogens with zero attached hydrogens (tertiary/aromatic N) is 3. The number of carboxylic acids is 1. The minimum absolute atomic E-state index is 0.102. The molecule has 2 heterocycles. The first-order valence-electron chi connectivity index (χ1n) is 6.32. The number of nitrogens with one attached hydrogen (secondary N) is 1. The third-order valence-electron chi connectivity index (χ3n) is 2.96. The third-order valence-corrected chi connectivity index (χ3v) is 2.96. The topological polar surface area (TPSA) is 88.0 Å². The van der Waals surface area contributed by atoms with Crippen LogP contribution in [-0.4, -0.2) is 26.0 Å². The first-order valence-corrected chi connectivity index (χ1v) is 6.32. The Morgan fingerprint density at radius 2 is 2.00 bits per heavy atom. The summed E-state index contributed by atoms with van der Waals surface area (Å²) in [6, 6.07) is 9.59. The summed E-state index contributed by atoms with van der Waals surface area (Å²) < 4.78 is 0. The summed E-state index contributed by atoms with van der Waals surface area (Å²) in [7, 11) is 0. The highest BCUT2D eigenvalue weighted by Gasteiger charge is 2.08. The molecule has 0 bridgehead atoms. The van der Waals surface area contributed by atoms with Gasteiger partial charge >= 0.3 is 5.97 Å². The van der Waals surface area contributed by atoms with Gasteiger partial charge in [-0.3, -0.25) is 9.97 Å². The maximum atomic E-state index is 10.9. The van der Waals surface area contributed by atoms with Crippen LogP contribution in [0.4, 0.5) is 11.5 Å². The van der Waals surface area contributed by atoms with Gasteiger partial charge in [-0.2, -0.15) is 0 Å². The zero-order chi connectivity index (χ0) is 14.8. The summed E-state index contributed by atoms with van der Waals surface area (Å²) in [5.74, 6) is -0.729. The van der Waals surface area contributed by atoms with Crippen molar-refractivity contribution in [1.29, 1.82) is 0 Å². The number of anilines is 2. The fourth-order valence-corrected chi connectivity index (χ4v) is 2.08. The molecule has 6 heteroatoms. The van der Waals surface area contributed by atoms with E-state index < -0.39 is 5.97 Å². The summed E-state index contributed by atoms with van der Waals surface area (Å²) in [4.78, 5) is 23.3. The van der Waals surface area contributed by atoms with Crippen LogP contribution >= 0.6 is 0 Å². The molecule has 0 aliphatic heterocycles. The Morgan fingerprint density at radius 1 is 1.19 bits per heavy atom. The number of hydrogen-bond donors (Lipinski definition) is 2. The molecule has 0 saturated carbocycles. The Morgan fingerprint density at radius 3 is 2.81 bits per heavy atom. The van der Waals surface area contributed by atoms with Gasteiger partial charge < -0.3 is 10.4 Å². The van der Waals surface area contributed by atoms with Crippen molar-refractivity contribution in [3.63, 3.8) is 0 Å². The van der Waals surface area contributed by atoms with E-state index in [0.29, 0.717) is 5.82 Å². The van der Waals surface area contributed by atoms with Gasteiger partial charge in [-0.05, 0) is 19.1 Å². The predicted molar refractivity (Wildman–Crippen MR) is 78.8 cm³/mol. The number of aromatic nitrogens is 3. The van der Waals surface area contributed by atoms with Gasteiger partial charge in [-0.1, -0.05) is 18.2 Å². The van der Waals surface area contributed by atoms with Gasteiger partial charge in [0.1, 0.15) is 5.82 Å². The summed E-state index contributed by atoms with van der Waals surface area (Å²) in [6.45, 7) is 1.90. The van der Waals surface area contributed by atoms with Crippen LogP contribution in [0.25, 0.3) is 10.9 Å².